The number of methoxy groups -OCH3 is 1. The molecule has 0 bridgehead atoms. The number of halogens is 1. The van der Waals surface area contributed by atoms with Crippen LogP contribution in [0.1, 0.15) is 16.8 Å². The van der Waals surface area contributed by atoms with Gasteiger partial charge in [0.2, 0.25) is 5.91 Å². The van der Waals surface area contributed by atoms with Crippen molar-refractivity contribution in [3.63, 3.8) is 0 Å². The molecule has 3 amide bonds. The van der Waals surface area contributed by atoms with Crippen LogP contribution >= 0.6 is 11.6 Å². The van der Waals surface area contributed by atoms with E-state index in [0.29, 0.717) is 22.0 Å². The molecule has 9 nitrogen and oxygen atoms in total. The third-order valence-electron chi connectivity index (χ3n) is 4.52. The van der Waals surface area contributed by atoms with Crippen LogP contribution in [0.3, 0.4) is 0 Å². The highest BCUT2D eigenvalue weighted by Gasteiger charge is 2.36. The summed E-state index contributed by atoms with van der Waals surface area (Å²) in [6.07, 6.45) is -0.125. The summed E-state index contributed by atoms with van der Waals surface area (Å²) in [6, 6.07) is 12.8. The molecule has 1 aliphatic rings. The van der Waals surface area contributed by atoms with Crippen LogP contribution in [0.4, 0.5) is 5.69 Å². The SMILES string of the molecule is COc1ccc(NC(=O)COC(=O)[C@@H]2CC(=O)N(NC(=O)c3ccc(Cl)cc3)C2)cc1. The molecule has 10 heteroatoms. The number of nitrogens with one attached hydrogen (secondary N) is 2. The minimum absolute atomic E-state index is 0.0445. The van der Waals surface area contributed by atoms with Crippen molar-refractivity contribution >= 4 is 41.0 Å². The van der Waals surface area contributed by atoms with Crippen LogP contribution in [-0.4, -0.2) is 49.0 Å². The summed E-state index contributed by atoms with van der Waals surface area (Å²) < 4.78 is 10.1. The maximum atomic E-state index is 12.2. The van der Waals surface area contributed by atoms with Gasteiger partial charge in [-0.2, -0.15) is 0 Å². The Kier molecular flexibility index (Phi) is 7.09. The lowest BCUT2D eigenvalue weighted by atomic mass is 10.1. The number of hydrazine groups is 1. The van der Waals surface area contributed by atoms with Crippen molar-refractivity contribution in [3.8, 4) is 5.75 Å². The second-order valence-electron chi connectivity index (χ2n) is 6.74. The number of ether oxygens (including phenoxy) is 2. The van der Waals surface area contributed by atoms with Crippen molar-refractivity contribution in [2.75, 3.05) is 25.6 Å². The molecule has 0 aromatic heterocycles. The van der Waals surface area contributed by atoms with Gasteiger partial charge in [-0.1, -0.05) is 11.6 Å². The van der Waals surface area contributed by atoms with Gasteiger partial charge in [0.1, 0.15) is 5.75 Å². The Balaban J connectivity index is 1.46. The van der Waals surface area contributed by atoms with E-state index in [1.807, 2.05) is 0 Å². The average Bonchev–Trinajstić information content (AvgIpc) is 3.13. The molecular weight excluding hydrogens is 426 g/mol. The number of carbonyl (C=O) groups excluding carboxylic acids is 4. The molecule has 0 unspecified atom stereocenters. The van der Waals surface area contributed by atoms with E-state index < -0.39 is 36.2 Å². The zero-order valence-corrected chi connectivity index (χ0v) is 17.3. The van der Waals surface area contributed by atoms with Crippen molar-refractivity contribution in [1.82, 2.24) is 10.4 Å². The van der Waals surface area contributed by atoms with E-state index in [-0.39, 0.29) is 13.0 Å². The number of anilines is 1. The topological polar surface area (TPSA) is 114 Å². The molecule has 0 saturated carbocycles. The van der Waals surface area contributed by atoms with Gasteiger partial charge in [0.15, 0.2) is 6.61 Å². The number of amides is 3. The molecule has 1 atom stereocenters. The van der Waals surface area contributed by atoms with Crippen molar-refractivity contribution in [2.24, 2.45) is 5.92 Å². The van der Waals surface area contributed by atoms with Gasteiger partial charge in [0.25, 0.3) is 11.8 Å². The monoisotopic (exact) mass is 445 g/mol. The minimum atomic E-state index is -0.785. The first-order chi connectivity index (χ1) is 14.9. The Bertz CT molecular complexity index is 978. The second-order valence-corrected chi connectivity index (χ2v) is 7.17. The Hall–Kier alpha value is -3.59. The largest absolute Gasteiger partial charge is 0.497 e. The summed E-state index contributed by atoms with van der Waals surface area (Å²) in [5.41, 5.74) is 3.30. The van der Waals surface area contributed by atoms with Crippen molar-refractivity contribution in [1.29, 1.82) is 0 Å². The van der Waals surface area contributed by atoms with Crippen LogP contribution in [-0.2, 0) is 19.1 Å². The fourth-order valence-electron chi connectivity index (χ4n) is 2.89. The van der Waals surface area contributed by atoms with E-state index >= 15 is 0 Å². The molecule has 31 heavy (non-hydrogen) atoms. The van der Waals surface area contributed by atoms with Crippen molar-refractivity contribution in [2.45, 2.75) is 6.42 Å². The van der Waals surface area contributed by atoms with Gasteiger partial charge in [-0.15, -0.1) is 0 Å². The standard InChI is InChI=1S/C21H20ClN3O6/c1-30-17-8-6-16(7-9-17)23-18(26)12-31-21(29)14-10-19(27)25(11-14)24-20(28)13-2-4-15(22)5-3-13/h2-9,14H,10-12H2,1H3,(H,23,26)(H,24,28)/t14-/m1/s1. The molecule has 3 rings (SSSR count). The molecule has 162 valence electrons. The van der Waals surface area contributed by atoms with Gasteiger partial charge in [0.05, 0.1) is 19.6 Å². The van der Waals surface area contributed by atoms with Crippen LogP contribution in [0, 0.1) is 5.92 Å². The molecule has 0 aliphatic carbocycles. The summed E-state index contributed by atoms with van der Waals surface area (Å²) in [4.78, 5) is 48.6. The molecule has 2 N–H and O–H groups in total. The number of rotatable bonds is 7. The quantitative estimate of drug-likeness (QED) is 0.630. The molecule has 2 aromatic carbocycles. The van der Waals surface area contributed by atoms with Gasteiger partial charge in [-0.3, -0.25) is 29.6 Å². The summed E-state index contributed by atoms with van der Waals surface area (Å²) in [5, 5.41) is 4.14. The molecule has 1 fully saturated rings. The maximum Gasteiger partial charge on any atom is 0.311 e. The van der Waals surface area contributed by atoms with E-state index in [1.165, 1.54) is 19.2 Å². The van der Waals surface area contributed by atoms with Gasteiger partial charge >= 0.3 is 5.97 Å². The third-order valence-corrected chi connectivity index (χ3v) is 4.77. The number of nitrogens with zero attached hydrogens (tertiary/aromatic N) is 1. The average molecular weight is 446 g/mol. The first-order valence-electron chi connectivity index (χ1n) is 9.33. The van der Waals surface area contributed by atoms with Crippen LogP contribution in [0.15, 0.2) is 48.5 Å². The lowest BCUT2D eigenvalue weighted by Gasteiger charge is -2.17. The highest BCUT2D eigenvalue weighted by atomic mass is 35.5. The number of esters is 1. The fraction of sp³-hybridized carbons (Fsp3) is 0.238. The second kappa shape index (κ2) is 9.94. The van der Waals surface area contributed by atoms with Gasteiger partial charge in [-0.25, -0.2) is 0 Å². The normalized spacial score (nSPS) is 15.4. The minimum Gasteiger partial charge on any atom is -0.497 e. The number of hydrogen-bond acceptors (Lipinski definition) is 6. The van der Waals surface area contributed by atoms with Crippen LogP contribution in [0.25, 0.3) is 0 Å². The predicted octanol–water partition coefficient (Wildman–Crippen LogP) is 2.02. The van der Waals surface area contributed by atoms with Gasteiger partial charge in [0, 0.05) is 22.7 Å². The third kappa shape index (κ3) is 5.95. The summed E-state index contributed by atoms with van der Waals surface area (Å²) in [5.74, 6) is -2.28. The Labute approximate surface area is 183 Å². The molecule has 1 heterocycles. The maximum absolute atomic E-state index is 12.2. The smallest absolute Gasteiger partial charge is 0.311 e. The van der Waals surface area contributed by atoms with Crippen LogP contribution in [0.5, 0.6) is 5.75 Å². The van der Waals surface area contributed by atoms with E-state index in [9.17, 15) is 19.2 Å². The summed E-state index contributed by atoms with van der Waals surface area (Å²) in [7, 11) is 1.53. The molecule has 0 radical (unpaired) electrons. The summed E-state index contributed by atoms with van der Waals surface area (Å²) >= 11 is 5.79. The lowest BCUT2D eigenvalue weighted by molar-refractivity contribution is -0.151. The van der Waals surface area contributed by atoms with Gasteiger partial charge in [-0.05, 0) is 48.5 Å². The van der Waals surface area contributed by atoms with E-state index in [4.69, 9.17) is 21.1 Å². The first-order valence-corrected chi connectivity index (χ1v) is 9.71. The number of carbonyl (C=O) groups is 4. The zero-order valence-electron chi connectivity index (χ0n) is 16.6. The van der Waals surface area contributed by atoms with Crippen molar-refractivity contribution in [3.05, 3.63) is 59.1 Å². The highest BCUT2D eigenvalue weighted by Crippen LogP contribution is 2.19. The Morgan fingerprint density at radius 1 is 1.10 bits per heavy atom. The number of benzene rings is 2. The predicted molar refractivity (Wildman–Crippen MR) is 111 cm³/mol. The number of hydrogen-bond donors (Lipinski definition) is 2. The van der Waals surface area contributed by atoms with Crippen molar-refractivity contribution < 1.29 is 28.7 Å². The lowest BCUT2D eigenvalue weighted by Crippen LogP contribution is -2.43. The Morgan fingerprint density at radius 2 is 1.77 bits per heavy atom. The molecular formula is C21H20ClN3O6. The molecule has 0 spiro atoms. The Morgan fingerprint density at radius 3 is 2.42 bits per heavy atom. The van der Waals surface area contributed by atoms with Crippen LogP contribution in [0.2, 0.25) is 5.02 Å². The molecule has 2 aromatic rings. The molecule has 1 saturated heterocycles. The van der Waals surface area contributed by atoms with E-state index in [1.54, 1.807) is 36.4 Å². The van der Waals surface area contributed by atoms with Crippen LogP contribution < -0.4 is 15.5 Å². The van der Waals surface area contributed by atoms with E-state index in [2.05, 4.69) is 10.7 Å². The fourth-order valence-corrected chi connectivity index (χ4v) is 3.01. The zero-order chi connectivity index (χ0) is 22.4. The van der Waals surface area contributed by atoms with Gasteiger partial charge < -0.3 is 14.8 Å². The van der Waals surface area contributed by atoms with E-state index in [0.717, 1.165) is 5.01 Å². The molecule has 1 aliphatic heterocycles. The highest BCUT2D eigenvalue weighted by molar-refractivity contribution is 6.30. The summed E-state index contributed by atoms with van der Waals surface area (Å²) in [6.45, 7) is -0.538. The first kappa shape index (κ1) is 22.1.